The maximum atomic E-state index is 13.4. The van der Waals surface area contributed by atoms with Crippen molar-refractivity contribution in [3.63, 3.8) is 0 Å². The number of hydrogen-bond acceptors (Lipinski definition) is 5. The highest BCUT2D eigenvalue weighted by Crippen LogP contribution is 2.44. The first-order valence-corrected chi connectivity index (χ1v) is 9.78. The number of benzene rings is 1. The van der Waals surface area contributed by atoms with E-state index < -0.39 is 60.4 Å². The van der Waals surface area contributed by atoms with Crippen molar-refractivity contribution in [2.75, 3.05) is 4.90 Å². The molecule has 3 atom stereocenters. The molecule has 4 rings (SSSR count). The average molecular weight is 473 g/mol. The number of rotatable bonds is 3. The van der Waals surface area contributed by atoms with Crippen LogP contribution >= 0.6 is 0 Å². The Morgan fingerprint density at radius 3 is 2.12 bits per heavy atom. The van der Waals surface area contributed by atoms with Gasteiger partial charge in [-0.3, -0.25) is 14.6 Å². The minimum Gasteiger partial charge on any atom is -0.362 e. The summed E-state index contributed by atoms with van der Waals surface area (Å²) in [5.74, 6) is -2.20. The third kappa shape index (κ3) is 3.71. The Bertz CT molecular complexity index is 1080. The Hall–Kier alpha value is -3.15. The van der Waals surface area contributed by atoms with Gasteiger partial charge in [-0.2, -0.15) is 31.4 Å². The minimum absolute atomic E-state index is 0.0411. The van der Waals surface area contributed by atoms with E-state index in [4.69, 9.17) is 0 Å². The molecule has 2 aliphatic heterocycles. The van der Waals surface area contributed by atoms with Crippen LogP contribution in [0.3, 0.4) is 0 Å². The molecule has 33 heavy (non-hydrogen) atoms. The zero-order valence-electron chi connectivity index (χ0n) is 17.0. The first kappa shape index (κ1) is 23.0. The van der Waals surface area contributed by atoms with Crippen molar-refractivity contribution in [2.24, 2.45) is 16.9 Å². The second-order valence-electron chi connectivity index (χ2n) is 8.05. The topological polar surface area (TPSA) is 73.2 Å². The summed E-state index contributed by atoms with van der Waals surface area (Å²) in [6, 6.07) is 3.94. The molecule has 1 aliphatic carbocycles. The van der Waals surface area contributed by atoms with Gasteiger partial charge in [-0.25, -0.2) is 4.90 Å². The summed E-state index contributed by atoms with van der Waals surface area (Å²) >= 11 is 0. The van der Waals surface area contributed by atoms with Crippen molar-refractivity contribution >= 4 is 23.2 Å². The summed E-state index contributed by atoms with van der Waals surface area (Å²) in [6.45, 7) is 0.729. The number of allylic oxidation sites excluding steroid dienone is 2. The zero-order valence-corrected chi connectivity index (χ0v) is 17.0. The number of carbonyl (C=O) groups excluding carboxylic acids is 2. The van der Waals surface area contributed by atoms with Crippen molar-refractivity contribution in [3.8, 4) is 0 Å². The summed E-state index contributed by atoms with van der Waals surface area (Å²) < 4.78 is 79.2. The second kappa shape index (κ2) is 7.44. The van der Waals surface area contributed by atoms with Gasteiger partial charge >= 0.3 is 12.4 Å². The fourth-order valence-electron chi connectivity index (χ4n) is 4.12. The van der Waals surface area contributed by atoms with Crippen LogP contribution in [-0.4, -0.2) is 45.7 Å². The number of hydrazone groups is 1. The zero-order chi connectivity index (χ0) is 24.3. The second-order valence-corrected chi connectivity index (χ2v) is 8.05. The van der Waals surface area contributed by atoms with Crippen molar-refractivity contribution in [3.05, 3.63) is 53.6 Å². The Morgan fingerprint density at radius 2 is 1.64 bits per heavy atom. The highest BCUT2D eigenvalue weighted by atomic mass is 19.4. The van der Waals surface area contributed by atoms with Crippen molar-refractivity contribution in [1.82, 2.24) is 5.01 Å². The molecule has 0 spiro atoms. The van der Waals surface area contributed by atoms with E-state index in [-0.39, 0.29) is 16.3 Å². The van der Waals surface area contributed by atoms with Gasteiger partial charge in [0, 0.05) is 0 Å². The number of nitrogens with zero attached hydrogens (tertiary/aromatic N) is 3. The standard InChI is InChI=1S/C21H17F6N3O3/c1-11-8-12(10-29-19(33,21(25,26)27)9-16(28-29)20(22,23)24)6-7-15(11)30-17(31)13-4-2-3-5-14(13)18(30)32/h2-8,13-14,33H,9-10H2,1H3. The van der Waals surface area contributed by atoms with Crippen molar-refractivity contribution in [1.29, 1.82) is 0 Å². The number of alkyl halides is 6. The highest BCUT2D eigenvalue weighted by molar-refractivity contribution is 6.23. The van der Waals surface area contributed by atoms with Gasteiger partial charge in [0.2, 0.25) is 11.8 Å². The molecule has 2 heterocycles. The van der Waals surface area contributed by atoms with Gasteiger partial charge in [0.05, 0.1) is 30.5 Å². The highest BCUT2D eigenvalue weighted by Gasteiger charge is 2.64. The maximum absolute atomic E-state index is 13.4. The van der Waals surface area contributed by atoms with E-state index >= 15 is 0 Å². The molecule has 1 aromatic rings. The number of carbonyl (C=O) groups is 2. The van der Waals surface area contributed by atoms with E-state index in [0.717, 1.165) is 4.90 Å². The first-order valence-electron chi connectivity index (χ1n) is 9.78. The number of aliphatic hydroxyl groups is 1. The van der Waals surface area contributed by atoms with E-state index in [1.807, 2.05) is 0 Å². The lowest BCUT2D eigenvalue weighted by Gasteiger charge is -2.34. The molecule has 2 amide bonds. The normalized spacial score (nSPS) is 27.5. The van der Waals surface area contributed by atoms with Crippen LogP contribution in [0.5, 0.6) is 0 Å². The Balaban J connectivity index is 1.63. The Morgan fingerprint density at radius 1 is 1.06 bits per heavy atom. The van der Waals surface area contributed by atoms with E-state index in [9.17, 15) is 41.0 Å². The molecule has 6 nitrogen and oxygen atoms in total. The molecular formula is C21H17F6N3O3. The van der Waals surface area contributed by atoms with Crippen molar-refractivity contribution in [2.45, 2.75) is 38.0 Å². The molecule has 0 bridgehead atoms. The van der Waals surface area contributed by atoms with E-state index in [1.54, 1.807) is 24.3 Å². The quantitative estimate of drug-likeness (QED) is 0.538. The molecule has 12 heteroatoms. The number of anilines is 1. The molecule has 0 aromatic heterocycles. The third-order valence-electron chi connectivity index (χ3n) is 5.84. The lowest BCUT2D eigenvalue weighted by Crippen LogP contribution is -2.54. The maximum Gasteiger partial charge on any atom is 0.438 e. The van der Waals surface area contributed by atoms with Gasteiger partial charge in [0.25, 0.3) is 5.72 Å². The van der Waals surface area contributed by atoms with E-state index in [1.165, 1.54) is 25.1 Å². The predicted molar refractivity (Wildman–Crippen MR) is 104 cm³/mol. The fraction of sp³-hybridized carbons (Fsp3) is 0.381. The van der Waals surface area contributed by atoms with Crippen LogP contribution in [0.1, 0.15) is 17.5 Å². The Labute approximate surface area is 183 Å². The molecule has 1 fully saturated rings. The molecule has 176 valence electrons. The number of amides is 2. The summed E-state index contributed by atoms with van der Waals surface area (Å²) in [7, 11) is 0. The molecule has 3 aliphatic rings. The number of imide groups is 1. The third-order valence-corrected chi connectivity index (χ3v) is 5.84. The van der Waals surface area contributed by atoms with Crippen LogP contribution in [0.15, 0.2) is 47.6 Å². The number of hydrogen-bond donors (Lipinski definition) is 1. The van der Waals surface area contributed by atoms with Crippen LogP contribution in [0.25, 0.3) is 0 Å². The van der Waals surface area contributed by atoms with Crippen molar-refractivity contribution < 1.29 is 41.0 Å². The predicted octanol–water partition coefficient (Wildman–Crippen LogP) is 3.60. The molecule has 1 aromatic carbocycles. The number of aryl methyl sites for hydroxylation is 1. The van der Waals surface area contributed by atoms with Gasteiger partial charge in [-0.05, 0) is 24.1 Å². The van der Waals surface area contributed by atoms with Crippen LogP contribution in [-0.2, 0) is 16.1 Å². The smallest absolute Gasteiger partial charge is 0.362 e. The summed E-state index contributed by atoms with van der Waals surface area (Å²) in [5.41, 5.74) is -4.90. The number of halogens is 6. The van der Waals surface area contributed by atoms with Gasteiger partial charge in [-0.1, -0.05) is 36.4 Å². The molecule has 3 unspecified atom stereocenters. The minimum atomic E-state index is -5.40. The van der Waals surface area contributed by atoms with E-state index in [0.29, 0.717) is 5.56 Å². The molecule has 0 saturated carbocycles. The van der Waals surface area contributed by atoms with Gasteiger partial charge in [0.15, 0.2) is 0 Å². The van der Waals surface area contributed by atoms with Gasteiger partial charge in [-0.15, -0.1) is 0 Å². The lowest BCUT2D eigenvalue weighted by atomic mass is 9.91. The fourth-order valence-corrected chi connectivity index (χ4v) is 4.12. The Kier molecular flexibility index (Phi) is 5.19. The monoisotopic (exact) mass is 473 g/mol. The molecule has 0 radical (unpaired) electrons. The van der Waals surface area contributed by atoms with Crippen LogP contribution in [0.2, 0.25) is 0 Å². The van der Waals surface area contributed by atoms with Gasteiger partial charge < -0.3 is 5.11 Å². The summed E-state index contributed by atoms with van der Waals surface area (Å²) in [4.78, 5) is 26.4. The summed E-state index contributed by atoms with van der Waals surface area (Å²) in [6.07, 6.45) is -5.77. The lowest BCUT2D eigenvalue weighted by molar-refractivity contribution is -0.310. The number of fused-ring (bicyclic) bond motifs is 1. The van der Waals surface area contributed by atoms with Gasteiger partial charge in [0.1, 0.15) is 5.71 Å². The van der Waals surface area contributed by atoms with Crippen LogP contribution in [0, 0.1) is 18.8 Å². The largest absolute Gasteiger partial charge is 0.438 e. The SMILES string of the molecule is Cc1cc(CN2N=C(C(F)(F)F)CC2(O)C(F)(F)F)ccc1N1C(=O)C2C=CC=CC2C1=O. The van der Waals surface area contributed by atoms with Crippen LogP contribution in [0.4, 0.5) is 32.0 Å². The molecule has 1 N–H and O–H groups in total. The average Bonchev–Trinajstić information content (AvgIpc) is 3.19. The van der Waals surface area contributed by atoms with E-state index in [2.05, 4.69) is 5.10 Å². The van der Waals surface area contributed by atoms with Crippen LogP contribution < -0.4 is 4.90 Å². The first-order chi connectivity index (χ1) is 15.2. The molecular weight excluding hydrogens is 456 g/mol. The molecule has 1 saturated heterocycles. The summed E-state index contributed by atoms with van der Waals surface area (Å²) in [5, 5.41) is 13.0.